The summed E-state index contributed by atoms with van der Waals surface area (Å²) in [5, 5.41) is 24.9. The van der Waals surface area contributed by atoms with Gasteiger partial charge in [-0.25, -0.2) is 0 Å². The van der Waals surface area contributed by atoms with E-state index in [0.29, 0.717) is 34.9 Å². The standard InChI is InChI=1S/C25H23N3O12S/c1-36-17-13-21(38-3)18(22(14-17)39-4)7-10-25(29)26-15-5-8-20(37-2)23(11-15)40-41(34,35)24-9-6-16(27(30)31)12-19(24)28(32)33/h5-14H,1-4H3,(H,26,29)/b10-7+. The predicted octanol–water partition coefficient (Wildman–Crippen LogP) is 3.96. The number of nitrogens with zero attached hydrogens (tertiary/aromatic N) is 2. The smallest absolute Gasteiger partial charge is 0.346 e. The second-order valence-electron chi connectivity index (χ2n) is 7.84. The van der Waals surface area contributed by atoms with Crippen LogP contribution in [-0.4, -0.2) is 52.6 Å². The molecule has 1 amide bonds. The van der Waals surface area contributed by atoms with E-state index in [0.717, 1.165) is 12.1 Å². The predicted molar refractivity (Wildman–Crippen MR) is 144 cm³/mol. The number of nitro groups is 2. The van der Waals surface area contributed by atoms with Crippen LogP contribution in [0.1, 0.15) is 5.56 Å². The lowest BCUT2D eigenvalue weighted by Gasteiger charge is -2.13. The molecule has 15 nitrogen and oxygen atoms in total. The van der Waals surface area contributed by atoms with E-state index < -0.39 is 47.9 Å². The molecule has 0 atom stereocenters. The lowest BCUT2D eigenvalue weighted by molar-refractivity contribution is -0.396. The number of rotatable bonds is 12. The Morgan fingerprint density at radius 3 is 1.98 bits per heavy atom. The number of amides is 1. The van der Waals surface area contributed by atoms with E-state index in [1.807, 2.05) is 0 Å². The molecule has 0 aliphatic heterocycles. The first-order chi connectivity index (χ1) is 19.4. The van der Waals surface area contributed by atoms with Gasteiger partial charge in [0.25, 0.3) is 11.4 Å². The molecule has 0 bridgehead atoms. The van der Waals surface area contributed by atoms with E-state index in [9.17, 15) is 33.4 Å². The Bertz CT molecular complexity index is 1610. The number of non-ortho nitro benzene ring substituents is 1. The fraction of sp³-hybridized carbons (Fsp3) is 0.160. The van der Waals surface area contributed by atoms with E-state index in [4.69, 9.17) is 23.1 Å². The molecule has 0 saturated heterocycles. The van der Waals surface area contributed by atoms with Crippen LogP contribution in [-0.2, 0) is 14.9 Å². The summed E-state index contributed by atoms with van der Waals surface area (Å²) in [5.41, 5.74) is -1.22. The number of benzene rings is 3. The summed E-state index contributed by atoms with van der Waals surface area (Å²) in [7, 11) is 0.680. The van der Waals surface area contributed by atoms with Crippen molar-refractivity contribution >= 4 is 39.2 Å². The third-order valence-electron chi connectivity index (χ3n) is 5.40. The van der Waals surface area contributed by atoms with Crippen LogP contribution in [0.2, 0.25) is 0 Å². The van der Waals surface area contributed by atoms with Gasteiger partial charge in [0.15, 0.2) is 16.4 Å². The first-order valence-corrected chi connectivity index (χ1v) is 12.7. The minimum absolute atomic E-state index is 0.0810. The van der Waals surface area contributed by atoms with Crippen molar-refractivity contribution in [2.24, 2.45) is 0 Å². The lowest BCUT2D eigenvalue weighted by atomic mass is 10.1. The molecule has 216 valence electrons. The van der Waals surface area contributed by atoms with Crippen LogP contribution in [0.15, 0.2) is 59.5 Å². The topological polar surface area (TPSA) is 196 Å². The molecule has 0 fully saturated rings. The molecular formula is C25H23N3O12S. The number of carbonyl (C=O) groups excluding carboxylic acids is 1. The van der Waals surface area contributed by atoms with Crippen molar-refractivity contribution in [1.82, 2.24) is 0 Å². The molecular weight excluding hydrogens is 566 g/mol. The van der Waals surface area contributed by atoms with Crippen LogP contribution < -0.4 is 28.4 Å². The van der Waals surface area contributed by atoms with Gasteiger partial charge < -0.3 is 28.4 Å². The maximum absolute atomic E-state index is 13.0. The Morgan fingerprint density at radius 2 is 1.44 bits per heavy atom. The van der Waals surface area contributed by atoms with Crippen molar-refractivity contribution in [2.75, 3.05) is 33.8 Å². The summed E-state index contributed by atoms with van der Waals surface area (Å²) in [6.45, 7) is 0. The third-order valence-corrected chi connectivity index (χ3v) is 6.69. The van der Waals surface area contributed by atoms with Gasteiger partial charge in [-0.3, -0.25) is 25.0 Å². The lowest BCUT2D eigenvalue weighted by Crippen LogP contribution is -2.13. The fourth-order valence-corrected chi connectivity index (χ4v) is 4.58. The Labute approximate surface area is 233 Å². The molecule has 0 radical (unpaired) electrons. The van der Waals surface area contributed by atoms with Gasteiger partial charge >= 0.3 is 10.1 Å². The van der Waals surface area contributed by atoms with Crippen LogP contribution in [0.5, 0.6) is 28.7 Å². The van der Waals surface area contributed by atoms with Gasteiger partial charge in [0.1, 0.15) is 17.2 Å². The highest BCUT2D eigenvalue weighted by atomic mass is 32.2. The molecule has 3 rings (SSSR count). The van der Waals surface area contributed by atoms with Crippen molar-refractivity contribution in [2.45, 2.75) is 4.90 Å². The van der Waals surface area contributed by atoms with Crippen LogP contribution in [0.3, 0.4) is 0 Å². The van der Waals surface area contributed by atoms with Crippen molar-refractivity contribution < 1.29 is 46.2 Å². The zero-order valence-electron chi connectivity index (χ0n) is 22.0. The molecule has 0 saturated carbocycles. The monoisotopic (exact) mass is 589 g/mol. The van der Waals surface area contributed by atoms with Crippen molar-refractivity contribution in [3.05, 3.63) is 80.4 Å². The SMILES string of the molecule is COc1cc(OC)c(/C=C/C(=O)Nc2ccc(OC)c(OS(=O)(=O)c3ccc([N+](=O)[O-])cc3[N+](=O)[O-])c2)c(OC)c1. The second kappa shape index (κ2) is 12.6. The van der Waals surface area contributed by atoms with E-state index in [1.165, 1.54) is 52.7 Å². The maximum Gasteiger partial charge on any atom is 0.346 e. The Morgan fingerprint density at radius 1 is 0.805 bits per heavy atom. The number of hydrogen-bond donors (Lipinski definition) is 1. The molecule has 0 aliphatic carbocycles. The van der Waals surface area contributed by atoms with Gasteiger partial charge in [-0.1, -0.05) is 0 Å². The molecule has 1 N–H and O–H groups in total. The number of hydrogen-bond acceptors (Lipinski definition) is 12. The minimum atomic E-state index is -4.89. The van der Waals surface area contributed by atoms with Crippen molar-refractivity contribution in [3.8, 4) is 28.7 Å². The summed E-state index contributed by atoms with van der Waals surface area (Å²) in [5.74, 6) is 0.0849. The van der Waals surface area contributed by atoms with E-state index in [-0.39, 0.29) is 11.4 Å². The largest absolute Gasteiger partial charge is 0.496 e. The molecule has 0 unspecified atom stereocenters. The van der Waals surface area contributed by atoms with Crippen LogP contribution in [0.4, 0.5) is 17.1 Å². The summed E-state index contributed by atoms with van der Waals surface area (Å²) in [6, 6.07) is 8.99. The van der Waals surface area contributed by atoms with Crippen LogP contribution in [0, 0.1) is 20.2 Å². The highest BCUT2D eigenvalue weighted by molar-refractivity contribution is 7.87. The third kappa shape index (κ3) is 6.99. The average molecular weight is 590 g/mol. The molecule has 3 aromatic carbocycles. The number of nitro benzene ring substituents is 2. The molecule has 3 aromatic rings. The number of ether oxygens (including phenoxy) is 4. The highest BCUT2D eigenvalue weighted by Crippen LogP contribution is 2.37. The number of methoxy groups -OCH3 is 4. The Hall–Kier alpha value is -5.38. The zero-order chi connectivity index (χ0) is 30.3. The minimum Gasteiger partial charge on any atom is -0.496 e. The molecule has 0 heterocycles. The summed E-state index contributed by atoms with van der Waals surface area (Å²) >= 11 is 0. The van der Waals surface area contributed by atoms with Gasteiger partial charge in [0, 0.05) is 36.0 Å². The fourth-order valence-electron chi connectivity index (χ4n) is 3.50. The quantitative estimate of drug-likeness (QED) is 0.138. The first kappa shape index (κ1) is 30.2. The van der Waals surface area contributed by atoms with Crippen LogP contribution >= 0.6 is 0 Å². The number of anilines is 1. The summed E-state index contributed by atoms with van der Waals surface area (Å²) in [4.78, 5) is 32.2. The van der Waals surface area contributed by atoms with E-state index >= 15 is 0 Å². The number of carbonyl (C=O) groups is 1. The van der Waals surface area contributed by atoms with E-state index in [2.05, 4.69) is 5.32 Å². The van der Waals surface area contributed by atoms with Gasteiger partial charge in [-0.05, 0) is 24.3 Å². The molecule has 0 aliphatic rings. The maximum atomic E-state index is 13.0. The highest BCUT2D eigenvalue weighted by Gasteiger charge is 2.31. The Kier molecular flexibility index (Phi) is 9.31. The summed E-state index contributed by atoms with van der Waals surface area (Å²) < 4.78 is 52.0. The molecule has 0 aromatic heterocycles. The molecule has 41 heavy (non-hydrogen) atoms. The normalized spacial score (nSPS) is 11.0. The zero-order valence-corrected chi connectivity index (χ0v) is 22.8. The van der Waals surface area contributed by atoms with E-state index in [1.54, 1.807) is 12.1 Å². The van der Waals surface area contributed by atoms with Gasteiger partial charge in [0.05, 0.1) is 49.9 Å². The summed E-state index contributed by atoms with van der Waals surface area (Å²) in [6.07, 6.45) is 2.61. The van der Waals surface area contributed by atoms with Gasteiger partial charge in [-0.2, -0.15) is 8.42 Å². The molecule has 16 heteroatoms. The average Bonchev–Trinajstić information content (AvgIpc) is 2.95. The Balaban J connectivity index is 1.90. The second-order valence-corrected chi connectivity index (χ2v) is 9.35. The van der Waals surface area contributed by atoms with Crippen molar-refractivity contribution in [1.29, 1.82) is 0 Å². The first-order valence-electron chi connectivity index (χ1n) is 11.3. The van der Waals surface area contributed by atoms with Crippen LogP contribution in [0.25, 0.3) is 6.08 Å². The number of nitrogens with one attached hydrogen (secondary N) is 1. The van der Waals surface area contributed by atoms with Crippen molar-refractivity contribution in [3.63, 3.8) is 0 Å². The molecule has 0 spiro atoms. The van der Waals surface area contributed by atoms with Gasteiger partial charge in [0.2, 0.25) is 5.91 Å². The van der Waals surface area contributed by atoms with Gasteiger partial charge in [-0.15, -0.1) is 0 Å².